The number of benzene rings is 4. The van der Waals surface area contributed by atoms with Gasteiger partial charge in [-0.2, -0.15) is 0 Å². The van der Waals surface area contributed by atoms with Crippen molar-refractivity contribution < 1.29 is 76.9 Å². The predicted octanol–water partition coefficient (Wildman–Crippen LogP) is 34.0. The Morgan fingerprint density at radius 2 is 0.352 bits per heavy atom. The number of nitrogens with zero attached hydrogens (tertiary/aromatic N) is 8. The van der Waals surface area contributed by atoms with Crippen molar-refractivity contribution in [1.82, 2.24) is 39.9 Å². The molecule has 746 valence electrons. The first-order chi connectivity index (χ1) is 68.9. The predicted molar refractivity (Wildman–Crippen MR) is 587 cm³/mol. The van der Waals surface area contributed by atoms with Crippen LogP contribution in [0, 0.1) is 0 Å². The van der Waals surface area contributed by atoms with Crippen molar-refractivity contribution in [2.24, 2.45) is 0 Å². The third-order valence-electron chi connectivity index (χ3n) is 28.7. The second-order valence-corrected chi connectivity index (χ2v) is 39.1. The van der Waals surface area contributed by atoms with Crippen molar-refractivity contribution in [1.29, 1.82) is 0 Å². The normalized spacial score (nSPS) is 11.9. The maximum Gasteiger partial charge on any atom is 2.00 e. The average molecular weight is 2020 g/mol. The van der Waals surface area contributed by atoms with Gasteiger partial charge in [0.05, 0.1) is 125 Å². The average Bonchev–Trinajstić information content (AvgIpc) is 1.59. The van der Waals surface area contributed by atoms with Gasteiger partial charge in [0.1, 0.15) is 46.0 Å². The molecule has 0 spiro atoms. The first kappa shape index (κ1) is 111. The first-order valence-electron chi connectivity index (χ1n) is 54.0. The van der Waals surface area contributed by atoms with Crippen LogP contribution in [0.25, 0.3) is 148 Å². The molecule has 4 aliphatic rings. The molecule has 0 aliphatic carbocycles. The first-order valence-corrected chi connectivity index (χ1v) is 54.0. The quantitative estimate of drug-likeness (QED) is 0.0259. The van der Waals surface area contributed by atoms with Gasteiger partial charge in [-0.3, -0.25) is 0 Å². The summed E-state index contributed by atoms with van der Waals surface area (Å²) in [5.41, 5.74) is 21.9. The zero-order valence-electron chi connectivity index (χ0n) is 88.2. The molecule has 4 aliphatic heterocycles. The van der Waals surface area contributed by atoms with Gasteiger partial charge in [-0.25, -0.2) is 19.9 Å². The van der Waals surface area contributed by atoms with Crippen LogP contribution in [0.2, 0.25) is 0 Å². The molecule has 0 unspecified atom stereocenters. The van der Waals surface area contributed by atoms with E-state index in [4.69, 9.17) is 77.8 Å². The molecule has 4 aromatic carbocycles. The van der Waals surface area contributed by atoms with E-state index in [-0.39, 0.29) is 39.0 Å². The summed E-state index contributed by atoms with van der Waals surface area (Å²) in [5, 5.41) is 0. The maximum absolute atomic E-state index is 6.62. The van der Waals surface area contributed by atoms with E-state index in [1.54, 1.807) is 56.9 Å². The minimum Gasteiger partial charge on any atom is -0.657 e. The number of rotatable bonds is 61. The van der Waals surface area contributed by atoms with Gasteiger partial charge in [0.25, 0.3) is 0 Å². The molecule has 0 radical (unpaired) electrons. The van der Waals surface area contributed by atoms with E-state index in [1.807, 2.05) is 12.1 Å². The second kappa shape index (κ2) is 58.6. The van der Waals surface area contributed by atoms with Crippen LogP contribution in [0.1, 0.15) is 378 Å². The minimum atomic E-state index is 0. The number of aryl methyl sites for hydroxylation is 4. The van der Waals surface area contributed by atoms with Crippen molar-refractivity contribution >= 4 is 92.7 Å². The molecule has 6 aromatic heterocycles. The molecule has 0 atom stereocenters. The molecule has 14 rings (SSSR count). The summed E-state index contributed by atoms with van der Waals surface area (Å²) < 4.78 is 53.0. The van der Waals surface area contributed by atoms with Crippen LogP contribution in [0.3, 0.4) is 0 Å². The van der Waals surface area contributed by atoms with E-state index >= 15 is 0 Å². The SMILES string of the molecule is CCCCCCCCCCCCCc1cc(OC)c(-c2c3nc(c(-c4c5nc(c(-c6c(OC)cc(CCCCCCCCCCCCC)cc6OC)c6ccc(cc7nc(c(-c8c(OC)cc(CCCCCCCCCCCCC)cc8OC)c8ccc4[n-]8)C=C7)[n-]6)C=C5)c4ccc([n-]4)c(-c4c(OC)cc(CCCCCCCCCCCCC)cc4OC)c4nc(cc5ccc2[n-]5)C=C4)C=C3)c(OC)c1.[Zn+2].[Zn+2]. The fourth-order valence-electron chi connectivity index (χ4n) is 21.0. The van der Waals surface area contributed by atoms with Crippen molar-refractivity contribution in [2.45, 2.75) is 336 Å². The molecule has 0 saturated heterocycles. The Hall–Kier alpha value is -10.3. The number of unbranched alkanes of at least 4 members (excludes halogenated alkanes) is 40. The smallest absolute Gasteiger partial charge is 0.657 e. The molecule has 16 nitrogen and oxygen atoms in total. The van der Waals surface area contributed by atoms with Crippen LogP contribution < -0.4 is 57.8 Å². The Kier molecular flexibility index (Phi) is 45.6. The number of methoxy groups -OCH3 is 8. The number of fused-ring (bicyclic) bond motifs is 16. The van der Waals surface area contributed by atoms with E-state index in [0.29, 0.717) is 147 Å². The van der Waals surface area contributed by atoms with Gasteiger partial charge in [0.2, 0.25) is 0 Å². The molecule has 142 heavy (non-hydrogen) atoms. The fraction of sp³-hybridized carbons (Fsp3) is 0.484. The van der Waals surface area contributed by atoms with E-state index in [9.17, 15) is 0 Å². The molecule has 18 heteroatoms. The Bertz CT molecular complexity index is 5560. The van der Waals surface area contributed by atoms with Crippen LogP contribution in [-0.2, 0) is 64.6 Å². The molecule has 10 aromatic rings. The Morgan fingerprint density at radius 3 is 0.556 bits per heavy atom. The van der Waals surface area contributed by atoms with Crippen molar-refractivity contribution in [3.8, 4) is 102 Å². The summed E-state index contributed by atoms with van der Waals surface area (Å²) in [6, 6.07) is 38.2. The molecular formula is C124H158N8O8Zn2. The molecule has 0 N–H and O–H groups in total. The summed E-state index contributed by atoms with van der Waals surface area (Å²) in [5.74, 6) is 5.21. The van der Waals surface area contributed by atoms with Gasteiger partial charge >= 0.3 is 39.0 Å². The van der Waals surface area contributed by atoms with Gasteiger partial charge < -0.3 is 57.8 Å². The van der Waals surface area contributed by atoms with Gasteiger partial charge in [-0.15, -0.1) is 44.1 Å². The van der Waals surface area contributed by atoms with E-state index < -0.39 is 0 Å². The van der Waals surface area contributed by atoms with Crippen LogP contribution in [0.4, 0.5) is 0 Å². The Labute approximate surface area is 874 Å². The summed E-state index contributed by atoms with van der Waals surface area (Å²) >= 11 is 0. The van der Waals surface area contributed by atoms with Crippen molar-refractivity contribution in [3.63, 3.8) is 0 Å². The molecular weight excluding hydrogens is 1860 g/mol. The molecule has 10 heterocycles. The molecule has 0 fully saturated rings. The number of ether oxygens (including phenoxy) is 8. The summed E-state index contributed by atoms with van der Waals surface area (Å²) in [7, 11) is 14.0. The summed E-state index contributed by atoms with van der Waals surface area (Å²) in [6.45, 7) is 9.15. The second-order valence-electron chi connectivity index (χ2n) is 39.1. The van der Waals surface area contributed by atoms with E-state index in [1.165, 1.54) is 231 Å². The van der Waals surface area contributed by atoms with Gasteiger partial charge in [0.15, 0.2) is 0 Å². The topological polar surface area (TPSA) is 182 Å². The molecule has 16 bridgehead atoms. The van der Waals surface area contributed by atoms with Crippen molar-refractivity contribution in [3.05, 3.63) is 177 Å². The monoisotopic (exact) mass is 2020 g/mol. The third-order valence-corrected chi connectivity index (χ3v) is 28.7. The summed E-state index contributed by atoms with van der Waals surface area (Å²) in [6.07, 6.45) is 75.7. The van der Waals surface area contributed by atoms with Crippen molar-refractivity contribution in [2.75, 3.05) is 56.9 Å². The Balaban J connectivity index is 0.00000900. The van der Waals surface area contributed by atoms with E-state index in [0.717, 1.165) is 144 Å². The maximum atomic E-state index is 6.62. The van der Waals surface area contributed by atoms with Gasteiger partial charge in [0, 0.05) is 22.3 Å². The van der Waals surface area contributed by atoms with Crippen LogP contribution in [0.15, 0.2) is 109 Å². The fourth-order valence-corrected chi connectivity index (χ4v) is 21.0. The Morgan fingerprint density at radius 1 is 0.183 bits per heavy atom. The van der Waals surface area contributed by atoms with E-state index in [2.05, 4.69) is 173 Å². The van der Waals surface area contributed by atoms with Crippen LogP contribution in [0.5, 0.6) is 46.0 Å². The largest absolute Gasteiger partial charge is 2.00 e. The zero-order valence-corrected chi connectivity index (χ0v) is 94.1. The number of aromatic nitrogens is 8. The number of hydrogen-bond acceptors (Lipinski definition) is 12. The molecule has 0 saturated carbocycles. The number of hydrogen-bond donors (Lipinski definition) is 0. The van der Waals surface area contributed by atoms with Crippen LogP contribution in [-0.4, -0.2) is 76.8 Å². The standard InChI is InChI=1S/C124H158N8O8.2Zn/c1-13-17-21-25-29-33-37-41-45-49-53-57-87-77-107(133-5)121(108(78-87)134-6)117-95-65-61-91(125-95)85-92-62-66-96(126-92)118(122-109(135-7)79-88(80-110(122)136-8)58-54-50-46-42-38-34-30-26-22-18-14-2)104-74-70-100(130-104)115(99-69-73-103(117)129-99)116-101-71-75-105(131-101)119(123-111(137-9)81-89(82-112(123)138-10)59-55-51-47-43-39-35-31-27-23-19-15-3)97-67-63-93(127-97)86-94-64-68-98(128-94)120(106-76-72-102(116)132-106)124-113(139-11)83-90(84-114(124)140-12)60-56-52-48-44-40-36-32-28-24-20-16-4;;/h61-86H,13-60H2,1-12H3;;/q-4;2*+2. The van der Waals surface area contributed by atoms with Gasteiger partial charge in [-0.1, -0.05) is 345 Å². The van der Waals surface area contributed by atoms with Gasteiger partial charge in [-0.05, 0) is 182 Å². The van der Waals surface area contributed by atoms with Crippen LogP contribution >= 0.6 is 0 Å². The molecule has 0 amide bonds. The zero-order chi connectivity index (χ0) is 97.6. The third kappa shape index (κ3) is 29.5. The summed E-state index contributed by atoms with van der Waals surface area (Å²) in [4.78, 5) is 46.2. The minimum absolute atomic E-state index is 0.